The number of hydrogen-bond donors (Lipinski definition) is 1. The van der Waals surface area contributed by atoms with Crippen LogP contribution in [0.4, 0.5) is 10.1 Å². The van der Waals surface area contributed by atoms with E-state index in [0.717, 1.165) is 30.1 Å². The standard InChI is InChI=1S/C20H24FN3O2/c1-26-19-8-2-16(3-9-19)14-22-15-20(25)24-12-10-23(11-13-24)18-6-4-17(21)5-7-18/h2-9,22H,10-15H2,1H3. The van der Waals surface area contributed by atoms with Gasteiger partial charge in [0, 0.05) is 38.4 Å². The molecular weight excluding hydrogens is 333 g/mol. The van der Waals surface area contributed by atoms with Crippen LogP contribution in [0.15, 0.2) is 48.5 Å². The number of methoxy groups -OCH3 is 1. The van der Waals surface area contributed by atoms with Gasteiger partial charge in [-0.2, -0.15) is 0 Å². The minimum Gasteiger partial charge on any atom is -0.497 e. The molecule has 0 spiro atoms. The fraction of sp³-hybridized carbons (Fsp3) is 0.350. The minimum atomic E-state index is -0.231. The number of halogens is 1. The van der Waals surface area contributed by atoms with Gasteiger partial charge < -0.3 is 19.9 Å². The van der Waals surface area contributed by atoms with Gasteiger partial charge in [0.05, 0.1) is 13.7 Å². The number of nitrogens with one attached hydrogen (secondary N) is 1. The fourth-order valence-corrected chi connectivity index (χ4v) is 3.03. The second-order valence-corrected chi connectivity index (χ2v) is 6.30. The van der Waals surface area contributed by atoms with Crippen LogP contribution in [0.25, 0.3) is 0 Å². The van der Waals surface area contributed by atoms with Crippen LogP contribution in [0.3, 0.4) is 0 Å². The summed E-state index contributed by atoms with van der Waals surface area (Å²) in [6, 6.07) is 14.3. The number of ether oxygens (including phenoxy) is 1. The molecule has 1 aliphatic rings. The lowest BCUT2D eigenvalue weighted by molar-refractivity contribution is -0.130. The lowest BCUT2D eigenvalue weighted by Gasteiger charge is -2.36. The van der Waals surface area contributed by atoms with E-state index in [1.165, 1.54) is 12.1 Å². The molecular formula is C20H24FN3O2. The number of piperazine rings is 1. The Bertz CT molecular complexity index is 711. The Labute approximate surface area is 153 Å². The number of rotatable bonds is 6. The Hall–Kier alpha value is -2.60. The number of nitrogens with zero attached hydrogens (tertiary/aromatic N) is 2. The van der Waals surface area contributed by atoms with E-state index in [2.05, 4.69) is 10.2 Å². The maximum atomic E-state index is 13.0. The first kappa shape index (κ1) is 18.2. The highest BCUT2D eigenvalue weighted by atomic mass is 19.1. The molecule has 138 valence electrons. The topological polar surface area (TPSA) is 44.8 Å². The quantitative estimate of drug-likeness (QED) is 0.862. The summed E-state index contributed by atoms with van der Waals surface area (Å²) < 4.78 is 18.2. The molecule has 0 unspecified atom stereocenters. The first-order chi connectivity index (χ1) is 12.7. The lowest BCUT2D eigenvalue weighted by Crippen LogP contribution is -2.50. The van der Waals surface area contributed by atoms with Crippen LogP contribution in [-0.2, 0) is 11.3 Å². The second-order valence-electron chi connectivity index (χ2n) is 6.30. The van der Waals surface area contributed by atoms with Crippen LogP contribution in [0.5, 0.6) is 5.75 Å². The summed E-state index contributed by atoms with van der Waals surface area (Å²) in [5.74, 6) is 0.701. The van der Waals surface area contributed by atoms with Crippen molar-refractivity contribution in [2.45, 2.75) is 6.54 Å². The van der Waals surface area contributed by atoms with Crippen LogP contribution in [0.1, 0.15) is 5.56 Å². The van der Waals surface area contributed by atoms with Gasteiger partial charge in [-0.05, 0) is 42.0 Å². The molecule has 0 saturated carbocycles. The van der Waals surface area contributed by atoms with Crippen LogP contribution in [-0.4, -0.2) is 50.6 Å². The summed E-state index contributed by atoms with van der Waals surface area (Å²) in [5.41, 5.74) is 2.11. The molecule has 1 fully saturated rings. The van der Waals surface area contributed by atoms with E-state index in [-0.39, 0.29) is 11.7 Å². The molecule has 1 N–H and O–H groups in total. The molecule has 2 aromatic rings. The normalized spacial score (nSPS) is 14.4. The summed E-state index contributed by atoms with van der Waals surface area (Å²) in [7, 11) is 1.64. The molecule has 0 radical (unpaired) electrons. The van der Waals surface area contributed by atoms with Gasteiger partial charge in [0.1, 0.15) is 11.6 Å². The Morgan fingerprint density at radius 2 is 1.69 bits per heavy atom. The maximum Gasteiger partial charge on any atom is 0.236 e. The number of benzene rings is 2. The van der Waals surface area contributed by atoms with E-state index in [4.69, 9.17) is 4.74 Å². The van der Waals surface area contributed by atoms with Crippen molar-refractivity contribution >= 4 is 11.6 Å². The van der Waals surface area contributed by atoms with Crippen LogP contribution >= 0.6 is 0 Å². The third-order valence-corrected chi connectivity index (χ3v) is 4.59. The summed E-state index contributed by atoms with van der Waals surface area (Å²) >= 11 is 0. The molecule has 0 atom stereocenters. The average molecular weight is 357 g/mol. The molecule has 0 aromatic heterocycles. The van der Waals surface area contributed by atoms with Crippen LogP contribution in [0.2, 0.25) is 0 Å². The van der Waals surface area contributed by atoms with Crippen molar-refractivity contribution in [2.75, 3.05) is 44.7 Å². The van der Waals surface area contributed by atoms with Gasteiger partial charge in [-0.1, -0.05) is 12.1 Å². The van der Waals surface area contributed by atoms with Crippen molar-refractivity contribution in [3.8, 4) is 5.75 Å². The van der Waals surface area contributed by atoms with Gasteiger partial charge in [0.25, 0.3) is 0 Å². The van der Waals surface area contributed by atoms with Gasteiger partial charge in [0.15, 0.2) is 0 Å². The van der Waals surface area contributed by atoms with Gasteiger partial charge in [-0.25, -0.2) is 4.39 Å². The van der Waals surface area contributed by atoms with Gasteiger partial charge in [0.2, 0.25) is 5.91 Å². The van der Waals surface area contributed by atoms with Crippen molar-refractivity contribution in [3.63, 3.8) is 0 Å². The zero-order valence-electron chi connectivity index (χ0n) is 15.0. The number of anilines is 1. The molecule has 1 aliphatic heterocycles. The zero-order chi connectivity index (χ0) is 18.4. The summed E-state index contributed by atoms with van der Waals surface area (Å²) in [5, 5.41) is 3.20. The first-order valence-electron chi connectivity index (χ1n) is 8.77. The fourth-order valence-electron chi connectivity index (χ4n) is 3.03. The van der Waals surface area contributed by atoms with E-state index in [0.29, 0.717) is 26.2 Å². The van der Waals surface area contributed by atoms with Crippen molar-refractivity contribution in [2.24, 2.45) is 0 Å². The highest BCUT2D eigenvalue weighted by Crippen LogP contribution is 2.17. The number of carbonyl (C=O) groups is 1. The number of carbonyl (C=O) groups excluding carboxylic acids is 1. The van der Waals surface area contributed by atoms with Crippen molar-refractivity contribution in [1.29, 1.82) is 0 Å². The molecule has 2 aromatic carbocycles. The largest absolute Gasteiger partial charge is 0.497 e. The average Bonchev–Trinajstić information content (AvgIpc) is 2.69. The van der Waals surface area contributed by atoms with Crippen molar-refractivity contribution in [3.05, 3.63) is 59.9 Å². The Kier molecular flexibility index (Phi) is 6.07. The second kappa shape index (κ2) is 8.67. The summed E-state index contributed by atoms with van der Waals surface area (Å²) in [4.78, 5) is 16.4. The number of amides is 1. The molecule has 0 bridgehead atoms. The van der Waals surface area contributed by atoms with Gasteiger partial charge in [-0.15, -0.1) is 0 Å². The molecule has 1 amide bonds. The highest BCUT2D eigenvalue weighted by molar-refractivity contribution is 5.78. The predicted octanol–water partition coefficient (Wildman–Crippen LogP) is 2.27. The van der Waals surface area contributed by atoms with Crippen LogP contribution < -0.4 is 15.0 Å². The van der Waals surface area contributed by atoms with E-state index in [1.807, 2.05) is 29.2 Å². The van der Waals surface area contributed by atoms with Crippen molar-refractivity contribution in [1.82, 2.24) is 10.2 Å². The maximum absolute atomic E-state index is 13.0. The van der Waals surface area contributed by atoms with Crippen LogP contribution in [0, 0.1) is 5.82 Å². The highest BCUT2D eigenvalue weighted by Gasteiger charge is 2.20. The first-order valence-corrected chi connectivity index (χ1v) is 8.77. The SMILES string of the molecule is COc1ccc(CNCC(=O)N2CCN(c3ccc(F)cc3)CC2)cc1. The van der Waals surface area contributed by atoms with E-state index in [9.17, 15) is 9.18 Å². The molecule has 1 heterocycles. The third kappa shape index (κ3) is 4.73. The smallest absolute Gasteiger partial charge is 0.236 e. The van der Waals surface area contributed by atoms with E-state index < -0.39 is 0 Å². The Morgan fingerprint density at radius 1 is 1.04 bits per heavy atom. The van der Waals surface area contributed by atoms with Gasteiger partial charge >= 0.3 is 0 Å². The monoisotopic (exact) mass is 357 g/mol. The molecule has 6 heteroatoms. The summed E-state index contributed by atoms with van der Waals surface area (Å²) in [6.45, 7) is 3.85. The molecule has 26 heavy (non-hydrogen) atoms. The third-order valence-electron chi connectivity index (χ3n) is 4.59. The van der Waals surface area contributed by atoms with Crippen molar-refractivity contribution < 1.29 is 13.9 Å². The van der Waals surface area contributed by atoms with E-state index in [1.54, 1.807) is 19.2 Å². The lowest BCUT2D eigenvalue weighted by atomic mass is 10.2. The van der Waals surface area contributed by atoms with Gasteiger partial charge in [-0.3, -0.25) is 4.79 Å². The zero-order valence-corrected chi connectivity index (χ0v) is 15.0. The number of hydrogen-bond acceptors (Lipinski definition) is 4. The summed E-state index contributed by atoms with van der Waals surface area (Å²) in [6.07, 6.45) is 0. The molecule has 1 saturated heterocycles. The molecule has 3 rings (SSSR count). The Morgan fingerprint density at radius 3 is 2.31 bits per heavy atom. The minimum absolute atomic E-state index is 0.109. The predicted molar refractivity (Wildman–Crippen MR) is 99.9 cm³/mol. The Balaban J connectivity index is 1.41. The van der Waals surface area contributed by atoms with E-state index >= 15 is 0 Å². The molecule has 5 nitrogen and oxygen atoms in total. The molecule has 0 aliphatic carbocycles.